The zero-order valence-electron chi connectivity index (χ0n) is 10.9. The third-order valence-corrected chi connectivity index (χ3v) is 2.87. The van der Waals surface area contributed by atoms with E-state index in [1.807, 2.05) is 59.4 Å². The Kier molecular flexibility index (Phi) is 3.43. The number of H-pyrrole nitrogens is 1. The van der Waals surface area contributed by atoms with E-state index in [-0.39, 0.29) is 5.82 Å². The predicted molar refractivity (Wildman–Crippen MR) is 77.2 cm³/mol. The summed E-state index contributed by atoms with van der Waals surface area (Å²) in [6, 6.07) is 13.7. The minimum atomic E-state index is 0.253. The number of anilines is 1. The fourth-order valence-corrected chi connectivity index (χ4v) is 1.89. The van der Waals surface area contributed by atoms with E-state index in [0.717, 1.165) is 11.4 Å². The Balaban J connectivity index is 1.91. The molecule has 0 aliphatic heterocycles. The van der Waals surface area contributed by atoms with Gasteiger partial charge < -0.3 is 9.88 Å². The third kappa shape index (κ3) is 2.64. The molecule has 1 aromatic carbocycles. The molecule has 2 heterocycles. The van der Waals surface area contributed by atoms with E-state index in [9.17, 15) is 0 Å². The molecule has 0 bridgehead atoms. The molecule has 0 unspecified atom stereocenters. The molecule has 21 heavy (non-hydrogen) atoms. The van der Waals surface area contributed by atoms with Crippen molar-refractivity contribution in [1.29, 1.82) is 5.26 Å². The quantitative estimate of drug-likeness (QED) is 0.711. The monoisotopic (exact) mass is 277 g/mol. The standard InChI is InChI=1S/C14H11N7/c15-9-11(14-17-19-20-18-14)10-16-12-5-1-2-6-13(12)21-7-3-4-8-21/h1-8,10,16H,(H,17,18,19,20). The van der Waals surface area contributed by atoms with Crippen molar-refractivity contribution < 1.29 is 0 Å². The Bertz CT molecular complexity index is 779. The van der Waals surface area contributed by atoms with Crippen LogP contribution in [-0.2, 0) is 0 Å². The molecule has 7 heteroatoms. The summed E-state index contributed by atoms with van der Waals surface area (Å²) in [5.74, 6) is 0.253. The van der Waals surface area contributed by atoms with Crippen molar-refractivity contribution in [3.05, 3.63) is 60.8 Å². The predicted octanol–water partition coefficient (Wildman–Crippen LogP) is 1.97. The maximum atomic E-state index is 9.14. The number of hydrogen-bond donors (Lipinski definition) is 2. The highest BCUT2D eigenvalue weighted by molar-refractivity contribution is 5.75. The van der Waals surface area contributed by atoms with Gasteiger partial charge in [-0.05, 0) is 29.5 Å². The highest BCUT2D eigenvalue weighted by Crippen LogP contribution is 2.20. The topological polar surface area (TPSA) is 95.2 Å². The molecule has 0 aliphatic rings. The number of benzene rings is 1. The fourth-order valence-electron chi connectivity index (χ4n) is 1.89. The van der Waals surface area contributed by atoms with E-state index in [4.69, 9.17) is 5.26 Å². The van der Waals surface area contributed by atoms with E-state index in [1.54, 1.807) is 6.20 Å². The van der Waals surface area contributed by atoms with Crippen LogP contribution < -0.4 is 5.32 Å². The SMILES string of the molecule is N#CC(=CNc1ccccc1-n1cccc1)c1nn[nH]n1. The van der Waals surface area contributed by atoms with Gasteiger partial charge in [0.2, 0.25) is 5.82 Å². The van der Waals surface area contributed by atoms with Crippen molar-refractivity contribution in [3.63, 3.8) is 0 Å². The van der Waals surface area contributed by atoms with Gasteiger partial charge in [-0.15, -0.1) is 10.2 Å². The lowest BCUT2D eigenvalue weighted by Gasteiger charge is -2.10. The first-order valence-corrected chi connectivity index (χ1v) is 6.21. The molecule has 0 saturated carbocycles. The zero-order chi connectivity index (χ0) is 14.5. The maximum Gasteiger partial charge on any atom is 0.216 e. The van der Waals surface area contributed by atoms with Crippen LogP contribution in [0.15, 0.2) is 55.0 Å². The summed E-state index contributed by atoms with van der Waals surface area (Å²) in [5, 5.41) is 25.6. The van der Waals surface area contributed by atoms with Crippen LogP contribution in [-0.4, -0.2) is 25.2 Å². The molecule has 0 radical (unpaired) electrons. The van der Waals surface area contributed by atoms with Gasteiger partial charge in [-0.2, -0.15) is 10.5 Å². The van der Waals surface area contributed by atoms with Gasteiger partial charge in [-0.1, -0.05) is 12.1 Å². The first-order valence-electron chi connectivity index (χ1n) is 6.21. The molecule has 7 nitrogen and oxygen atoms in total. The number of aromatic nitrogens is 5. The Labute approximate surface area is 120 Å². The van der Waals surface area contributed by atoms with Crippen LogP contribution in [0.5, 0.6) is 0 Å². The Morgan fingerprint density at radius 1 is 1.24 bits per heavy atom. The molecule has 0 amide bonds. The number of para-hydroxylation sites is 2. The van der Waals surface area contributed by atoms with E-state index in [0.29, 0.717) is 5.57 Å². The molecule has 0 atom stereocenters. The van der Waals surface area contributed by atoms with Crippen molar-refractivity contribution in [3.8, 4) is 11.8 Å². The van der Waals surface area contributed by atoms with Crippen LogP contribution in [0.3, 0.4) is 0 Å². The Hall–Kier alpha value is -3.40. The van der Waals surface area contributed by atoms with Crippen LogP contribution in [0.25, 0.3) is 11.3 Å². The van der Waals surface area contributed by atoms with E-state index in [2.05, 4.69) is 25.9 Å². The lowest BCUT2D eigenvalue weighted by Crippen LogP contribution is -1.98. The largest absolute Gasteiger partial charge is 0.359 e. The molecular weight excluding hydrogens is 266 g/mol. The van der Waals surface area contributed by atoms with Crippen LogP contribution in [0.1, 0.15) is 5.82 Å². The van der Waals surface area contributed by atoms with Crippen molar-refractivity contribution in [2.75, 3.05) is 5.32 Å². The smallest absolute Gasteiger partial charge is 0.216 e. The fraction of sp³-hybridized carbons (Fsp3) is 0. The summed E-state index contributed by atoms with van der Waals surface area (Å²) in [6.07, 6.45) is 5.47. The average molecular weight is 277 g/mol. The second-order valence-corrected chi connectivity index (χ2v) is 4.16. The molecule has 3 aromatic rings. The molecular formula is C14H11N7. The van der Waals surface area contributed by atoms with Crippen LogP contribution in [0.2, 0.25) is 0 Å². The number of rotatable bonds is 4. The normalized spacial score (nSPS) is 11.1. The van der Waals surface area contributed by atoms with Crippen LogP contribution >= 0.6 is 0 Å². The van der Waals surface area contributed by atoms with E-state index >= 15 is 0 Å². The van der Waals surface area contributed by atoms with Gasteiger partial charge in [0.05, 0.1) is 11.4 Å². The van der Waals surface area contributed by atoms with Crippen molar-refractivity contribution in [2.45, 2.75) is 0 Å². The highest BCUT2D eigenvalue weighted by Gasteiger charge is 2.06. The lowest BCUT2D eigenvalue weighted by atomic mass is 10.2. The van der Waals surface area contributed by atoms with Crippen LogP contribution in [0.4, 0.5) is 5.69 Å². The number of nitriles is 1. The number of nitrogens with zero attached hydrogens (tertiary/aromatic N) is 5. The average Bonchev–Trinajstić information content (AvgIpc) is 3.22. The van der Waals surface area contributed by atoms with Gasteiger partial charge in [0.1, 0.15) is 11.6 Å². The molecule has 0 spiro atoms. The number of allylic oxidation sites excluding steroid dienone is 1. The van der Waals surface area contributed by atoms with Crippen LogP contribution in [0, 0.1) is 11.3 Å². The summed E-state index contributed by atoms with van der Waals surface area (Å²) in [5.41, 5.74) is 2.14. The van der Waals surface area contributed by atoms with E-state index in [1.165, 1.54) is 0 Å². The molecule has 2 aromatic heterocycles. The number of aromatic amines is 1. The molecule has 102 valence electrons. The molecule has 0 saturated heterocycles. The Morgan fingerprint density at radius 2 is 2.05 bits per heavy atom. The first kappa shape index (κ1) is 12.6. The summed E-state index contributed by atoms with van der Waals surface area (Å²) < 4.78 is 1.98. The van der Waals surface area contributed by atoms with Gasteiger partial charge in [-0.25, -0.2) is 0 Å². The maximum absolute atomic E-state index is 9.14. The summed E-state index contributed by atoms with van der Waals surface area (Å²) in [6.45, 7) is 0. The number of tetrazole rings is 1. The minimum Gasteiger partial charge on any atom is -0.359 e. The minimum absolute atomic E-state index is 0.253. The van der Waals surface area contributed by atoms with Crippen molar-refractivity contribution in [1.82, 2.24) is 25.2 Å². The molecule has 3 rings (SSSR count). The van der Waals surface area contributed by atoms with Gasteiger partial charge in [0.15, 0.2) is 0 Å². The first-order chi connectivity index (χ1) is 10.4. The van der Waals surface area contributed by atoms with Crippen molar-refractivity contribution >= 4 is 11.3 Å². The van der Waals surface area contributed by atoms with Gasteiger partial charge >= 0.3 is 0 Å². The van der Waals surface area contributed by atoms with Gasteiger partial charge in [0, 0.05) is 18.6 Å². The molecule has 0 aliphatic carbocycles. The summed E-state index contributed by atoms with van der Waals surface area (Å²) in [4.78, 5) is 0. The second kappa shape index (κ2) is 5.71. The van der Waals surface area contributed by atoms with Crippen molar-refractivity contribution in [2.24, 2.45) is 0 Å². The molecule has 2 N–H and O–H groups in total. The lowest BCUT2D eigenvalue weighted by molar-refractivity contribution is 0.881. The molecule has 0 fully saturated rings. The van der Waals surface area contributed by atoms with E-state index < -0.39 is 0 Å². The summed E-state index contributed by atoms with van der Waals surface area (Å²) in [7, 11) is 0. The highest BCUT2D eigenvalue weighted by atomic mass is 15.5. The summed E-state index contributed by atoms with van der Waals surface area (Å²) >= 11 is 0. The third-order valence-electron chi connectivity index (χ3n) is 2.87. The van der Waals surface area contributed by atoms with Gasteiger partial charge in [0.25, 0.3) is 0 Å². The second-order valence-electron chi connectivity index (χ2n) is 4.16. The Morgan fingerprint density at radius 3 is 2.76 bits per heavy atom. The van der Waals surface area contributed by atoms with Gasteiger partial charge in [-0.3, -0.25) is 0 Å². The number of hydrogen-bond acceptors (Lipinski definition) is 5. The zero-order valence-corrected chi connectivity index (χ0v) is 10.9. The number of nitrogens with one attached hydrogen (secondary N) is 2.